The molecule has 7 heteroatoms. The number of nitrogens with zero attached hydrogens (tertiary/aromatic N) is 1. The fourth-order valence-corrected chi connectivity index (χ4v) is 2.65. The molecule has 122 valence electrons. The predicted molar refractivity (Wildman–Crippen MR) is 73.7 cm³/mol. The van der Waals surface area contributed by atoms with Crippen LogP contribution in [-0.2, 0) is 11.0 Å². The smallest absolute Gasteiger partial charge is 0.416 e. The molecule has 1 aliphatic rings. The van der Waals surface area contributed by atoms with Gasteiger partial charge in [-0.25, -0.2) is 0 Å². The standard InChI is InChI=1S/C15H18F3NO3/c1-19-6-5-10(8-19)13(14(20)21)9-22-12-4-2-3-11(7-12)15(16,17)18/h2-4,7,10,13H,5-6,8-9H2,1H3,(H,20,21). The molecule has 0 spiro atoms. The lowest BCUT2D eigenvalue weighted by atomic mass is 9.92. The second-order valence-corrected chi connectivity index (χ2v) is 5.59. The minimum absolute atomic E-state index is 0.0347. The SMILES string of the molecule is CN1CCC(C(COc2cccc(C(F)(F)F)c2)C(=O)O)C1. The first-order valence-corrected chi connectivity index (χ1v) is 6.99. The van der Waals surface area contributed by atoms with Crippen molar-refractivity contribution in [2.24, 2.45) is 11.8 Å². The Balaban J connectivity index is 2.02. The molecule has 1 fully saturated rings. The number of aliphatic carboxylic acids is 1. The van der Waals surface area contributed by atoms with E-state index in [4.69, 9.17) is 4.74 Å². The summed E-state index contributed by atoms with van der Waals surface area (Å²) in [7, 11) is 1.91. The summed E-state index contributed by atoms with van der Waals surface area (Å²) in [6.07, 6.45) is -3.70. The molecule has 1 N–H and O–H groups in total. The number of rotatable bonds is 5. The van der Waals surface area contributed by atoms with Gasteiger partial charge in [0.05, 0.1) is 11.5 Å². The number of benzene rings is 1. The molecule has 0 aliphatic carbocycles. The first-order chi connectivity index (χ1) is 10.3. The molecule has 2 atom stereocenters. The minimum Gasteiger partial charge on any atom is -0.493 e. The van der Waals surface area contributed by atoms with Gasteiger partial charge in [-0.2, -0.15) is 13.2 Å². The molecular weight excluding hydrogens is 299 g/mol. The molecular formula is C15H18F3NO3. The Hall–Kier alpha value is -1.76. The quantitative estimate of drug-likeness (QED) is 0.907. The lowest BCUT2D eigenvalue weighted by Gasteiger charge is -2.20. The van der Waals surface area contributed by atoms with Crippen molar-refractivity contribution in [1.82, 2.24) is 4.90 Å². The highest BCUT2D eigenvalue weighted by atomic mass is 19.4. The van der Waals surface area contributed by atoms with Gasteiger partial charge >= 0.3 is 12.1 Å². The molecule has 2 rings (SSSR count). The Morgan fingerprint density at radius 2 is 2.23 bits per heavy atom. The molecule has 4 nitrogen and oxygen atoms in total. The topological polar surface area (TPSA) is 49.8 Å². The van der Waals surface area contributed by atoms with Gasteiger partial charge < -0.3 is 14.7 Å². The molecule has 2 unspecified atom stereocenters. The van der Waals surface area contributed by atoms with Crippen LogP contribution in [-0.4, -0.2) is 42.7 Å². The number of carbonyl (C=O) groups is 1. The normalized spacial score (nSPS) is 20.8. The fraction of sp³-hybridized carbons (Fsp3) is 0.533. The van der Waals surface area contributed by atoms with Crippen molar-refractivity contribution < 1.29 is 27.8 Å². The third-order valence-electron chi connectivity index (χ3n) is 3.90. The third kappa shape index (κ3) is 4.13. The van der Waals surface area contributed by atoms with Crippen LogP contribution in [0, 0.1) is 11.8 Å². The summed E-state index contributed by atoms with van der Waals surface area (Å²) < 4.78 is 43.2. The van der Waals surface area contributed by atoms with Crippen molar-refractivity contribution in [3.63, 3.8) is 0 Å². The third-order valence-corrected chi connectivity index (χ3v) is 3.90. The molecule has 1 aromatic carbocycles. The van der Waals surface area contributed by atoms with Gasteiger partial charge in [0.2, 0.25) is 0 Å². The zero-order chi connectivity index (χ0) is 16.3. The fourth-order valence-electron chi connectivity index (χ4n) is 2.65. The average molecular weight is 317 g/mol. The second kappa shape index (κ2) is 6.56. The first-order valence-electron chi connectivity index (χ1n) is 6.99. The van der Waals surface area contributed by atoms with Crippen LogP contribution in [0.1, 0.15) is 12.0 Å². The van der Waals surface area contributed by atoms with E-state index in [0.29, 0.717) is 6.54 Å². The summed E-state index contributed by atoms with van der Waals surface area (Å²) in [5, 5.41) is 9.30. The second-order valence-electron chi connectivity index (χ2n) is 5.59. The van der Waals surface area contributed by atoms with Crippen molar-refractivity contribution in [1.29, 1.82) is 0 Å². The van der Waals surface area contributed by atoms with E-state index in [9.17, 15) is 23.1 Å². The van der Waals surface area contributed by atoms with Gasteiger partial charge in [0, 0.05) is 6.54 Å². The predicted octanol–water partition coefficient (Wildman–Crippen LogP) is 2.74. The zero-order valence-corrected chi connectivity index (χ0v) is 12.1. The van der Waals surface area contributed by atoms with Gasteiger partial charge in [-0.15, -0.1) is 0 Å². The molecule has 0 saturated carbocycles. The highest BCUT2D eigenvalue weighted by Gasteiger charge is 2.34. The van der Waals surface area contributed by atoms with Gasteiger partial charge in [-0.05, 0) is 44.1 Å². The molecule has 1 saturated heterocycles. The largest absolute Gasteiger partial charge is 0.493 e. The van der Waals surface area contributed by atoms with Crippen molar-refractivity contribution in [2.45, 2.75) is 12.6 Å². The number of alkyl halides is 3. The van der Waals surface area contributed by atoms with Gasteiger partial charge in [-0.3, -0.25) is 4.79 Å². The van der Waals surface area contributed by atoms with Crippen molar-refractivity contribution >= 4 is 5.97 Å². The van der Waals surface area contributed by atoms with Crippen LogP contribution in [0.3, 0.4) is 0 Å². The molecule has 0 aromatic heterocycles. The van der Waals surface area contributed by atoms with E-state index < -0.39 is 23.6 Å². The highest BCUT2D eigenvalue weighted by Crippen LogP contribution is 2.32. The van der Waals surface area contributed by atoms with Crippen LogP contribution in [0.2, 0.25) is 0 Å². The number of hydrogen-bond acceptors (Lipinski definition) is 3. The Morgan fingerprint density at radius 3 is 2.77 bits per heavy atom. The lowest BCUT2D eigenvalue weighted by molar-refractivity contribution is -0.145. The lowest BCUT2D eigenvalue weighted by Crippen LogP contribution is -2.31. The van der Waals surface area contributed by atoms with Gasteiger partial charge in [0.1, 0.15) is 12.4 Å². The Labute approximate surface area is 126 Å². The van der Waals surface area contributed by atoms with Crippen LogP contribution in [0.4, 0.5) is 13.2 Å². The maximum Gasteiger partial charge on any atom is 0.416 e. The first kappa shape index (κ1) is 16.6. The zero-order valence-electron chi connectivity index (χ0n) is 12.1. The Bertz CT molecular complexity index is 533. The van der Waals surface area contributed by atoms with Crippen LogP contribution >= 0.6 is 0 Å². The number of hydrogen-bond donors (Lipinski definition) is 1. The molecule has 0 bridgehead atoms. The number of carboxylic acid groups (broad SMARTS) is 1. The van der Waals surface area contributed by atoms with Gasteiger partial charge in [-0.1, -0.05) is 6.07 Å². The molecule has 22 heavy (non-hydrogen) atoms. The van der Waals surface area contributed by atoms with Gasteiger partial charge in [0.15, 0.2) is 0 Å². The summed E-state index contributed by atoms with van der Waals surface area (Å²) in [4.78, 5) is 13.4. The van der Waals surface area contributed by atoms with Crippen LogP contribution in [0.25, 0.3) is 0 Å². The number of likely N-dealkylation sites (tertiary alicyclic amines) is 1. The van der Waals surface area contributed by atoms with Gasteiger partial charge in [0.25, 0.3) is 0 Å². The van der Waals surface area contributed by atoms with E-state index in [2.05, 4.69) is 0 Å². The Morgan fingerprint density at radius 1 is 1.50 bits per heavy atom. The monoisotopic (exact) mass is 317 g/mol. The van der Waals surface area contributed by atoms with E-state index in [0.717, 1.165) is 25.1 Å². The molecule has 1 aliphatic heterocycles. The average Bonchev–Trinajstić information content (AvgIpc) is 2.84. The Kier molecular flexibility index (Phi) is 4.95. The summed E-state index contributed by atoms with van der Waals surface area (Å²) in [5.41, 5.74) is -0.808. The molecule has 1 heterocycles. The number of ether oxygens (including phenoxy) is 1. The summed E-state index contributed by atoms with van der Waals surface area (Å²) in [6, 6.07) is 4.49. The summed E-state index contributed by atoms with van der Waals surface area (Å²) >= 11 is 0. The van der Waals surface area contributed by atoms with E-state index in [1.807, 2.05) is 11.9 Å². The van der Waals surface area contributed by atoms with E-state index in [1.165, 1.54) is 12.1 Å². The van der Waals surface area contributed by atoms with E-state index in [-0.39, 0.29) is 18.3 Å². The van der Waals surface area contributed by atoms with Crippen LogP contribution in [0.5, 0.6) is 5.75 Å². The van der Waals surface area contributed by atoms with E-state index in [1.54, 1.807) is 0 Å². The minimum atomic E-state index is -4.44. The van der Waals surface area contributed by atoms with E-state index >= 15 is 0 Å². The van der Waals surface area contributed by atoms with Crippen molar-refractivity contribution in [3.8, 4) is 5.75 Å². The van der Waals surface area contributed by atoms with Crippen LogP contribution < -0.4 is 4.74 Å². The van der Waals surface area contributed by atoms with Crippen molar-refractivity contribution in [2.75, 3.05) is 26.7 Å². The maximum atomic E-state index is 12.6. The maximum absolute atomic E-state index is 12.6. The highest BCUT2D eigenvalue weighted by molar-refractivity contribution is 5.70. The molecule has 1 aromatic rings. The molecule has 0 radical (unpaired) electrons. The number of carboxylic acids is 1. The van der Waals surface area contributed by atoms with Crippen molar-refractivity contribution in [3.05, 3.63) is 29.8 Å². The summed E-state index contributed by atoms with van der Waals surface area (Å²) in [6.45, 7) is 1.34. The van der Waals surface area contributed by atoms with Crippen LogP contribution in [0.15, 0.2) is 24.3 Å². The molecule has 0 amide bonds. The number of halogens is 3. The summed E-state index contributed by atoms with van der Waals surface area (Å²) in [5.74, 6) is -1.72.